The third kappa shape index (κ3) is 4.86. The van der Waals surface area contributed by atoms with Crippen LogP contribution in [0, 0.1) is 12.8 Å². The van der Waals surface area contributed by atoms with Crippen LogP contribution in [0.3, 0.4) is 0 Å². The minimum atomic E-state index is -4.54. The topological polar surface area (TPSA) is 62.7 Å². The summed E-state index contributed by atoms with van der Waals surface area (Å²) in [7, 11) is 0. The van der Waals surface area contributed by atoms with E-state index in [1.165, 1.54) is 23.3 Å². The molecule has 1 aromatic carbocycles. The van der Waals surface area contributed by atoms with E-state index in [0.717, 1.165) is 0 Å². The average molecular weight is 530 g/mol. The van der Waals surface area contributed by atoms with Crippen molar-refractivity contribution in [1.82, 2.24) is 10.0 Å². The predicted octanol–water partition coefficient (Wildman–Crippen LogP) is 5.39. The van der Waals surface area contributed by atoms with Crippen molar-refractivity contribution in [3.63, 3.8) is 0 Å². The van der Waals surface area contributed by atoms with Crippen molar-refractivity contribution in [2.75, 3.05) is 31.1 Å². The van der Waals surface area contributed by atoms with Crippen LogP contribution in [0.1, 0.15) is 41.4 Å². The molecule has 11 heteroatoms. The van der Waals surface area contributed by atoms with Gasteiger partial charge in [-0.05, 0) is 56.2 Å². The molecule has 1 aromatic heterocycles. The Hall–Kier alpha value is -2.36. The summed E-state index contributed by atoms with van der Waals surface area (Å²) in [4.78, 5) is 36.3. The Balaban J connectivity index is 1.55. The van der Waals surface area contributed by atoms with Crippen molar-refractivity contribution in [3.05, 3.63) is 57.2 Å². The van der Waals surface area contributed by atoms with Gasteiger partial charge in [0.1, 0.15) is 11.2 Å². The zero-order chi connectivity index (χ0) is 25.5. The van der Waals surface area contributed by atoms with Crippen molar-refractivity contribution in [2.24, 2.45) is 5.92 Å². The van der Waals surface area contributed by atoms with E-state index >= 15 is 0 Å². The lowest BCUT2D eigenvalue weighted by Gasteiger charge is -2.33. The van der Waals surface area contributed by atoms with Crippen LogP contribution in [-0.4, -0.2) is 54.2 Å². The number of benzene rings is 1. The number of pyridine rings is 1. The number of halogens is 5. The number of alkyl halides is 3. The van der Waals surface area contributed by atoms with Crippen LogP contribution in [0.15, 0.2) is 30.3 Å². The number of nitrogens with zero attached hydrogens (tertiary/aromatic N) is 3. The molecule has 2 aliphatic heterocycles. The number of hydroxylamine groups is 2. The molecule has 2 saturated heterocycles. The van der Waals surface area contributed by atoms with E-state index in [2.05, 4.69) is 4.98 Å². The fourth-order valence-corrected chi connectivity index (χ4v) is 5.26. The summed E-state index contributed by atoms with van der Waals surface area (Å²) in [6.07, 6.45) is -4.75. The minimum Gasteiger partial charge on any atom is -0.355 e. The molecule has 0 saturated carbocycles. The molecule has 0 spiro atoms. The molecule has 6 nitrogen and oxygen atoms in total. The Kier molecular flexibility index (Phi) is 7.05. The maximum atomic E-state index is 14.4. The Morgan fingerprint density at radius 3 is 2.49 bits per heavy atom. The van der Waals surface area contributed by atoms with Crippen LogP contribution < -0.4 is 4.90 Å². The summed E-state index contributed by atoms with van der Waals surface area (Å²) in [5.41, 5.74) is -1.42. The summed E-state index contributed by atoms with van der Waals surface area (Å²) >= 11 is 12.0. The van der Waals surface area contributed by atoms with Crippen LogP contribution in [0.4, 0.5) is 19.0 Å². The number of aromatic nitrogens is 1. The maximum absolute atomic E-state index is 14.4. The van der Waals surface area contributed by atoms with Gasteiger partial charge < -0.3 is 4.90 Å². The van der Waals surface area contributed by atoms with Crippen LogP contribution in [0.25, 0.3) is 0 Å². The molecule has 2 atom stereocenters. The molecule has 0 N–H and O–H groups in total. The third-order valence-electron chi connectivity index (χ3n) is 6.67. The van der Waals surface area contributed by atoms with Crippen LogP contribution in [0.5, 0.6) is 0 Å². The Morgan fingerprint density at radius 2 is 1.91 bits per heavy atom. The highest BCUT2D eigenvalue weighted by atomic mass is 35.5. The number of Topliss-reactive ketones (excluding diaryl/α,β-unsaturated/α-hetero) is 1. The second-order valence-electron chi connectivity index (χ2n) is 8.86. The first-order valence-electron chi connectivity index (χ1n) is 11.2. The number of carbonyl (C=O) groups is 2. The number of ketones is 1. The Bertz CT molecular complexity index is 1140. The van der Waals surface area contributed by atoms with Gasteiger partial charge in [0.05, 0.1) is 18.2 Å². The first kappa shape index (κ1) is 25.7. The highest BCUT2D eigenvalue weighted by Gasteiger charge is 2.59. The van der Waals surface area contributed by atoms with Gasteiger partial charge in [0.2, 0.25) is 0 Å². The normalized spacial score (nSPS) is 22.8. The fraction of sp³-hybridized carbons (Fsp3) is 0.458. The van der Waals surface area contributed by atoms with E-state index in [1.54, 1.807) is 30.9 Å². The van der Waals surface area contributed by atoms with E-state index in [0.29, 0.717) is 23.6 Å². The zero-order valence-corrected chi connectivity index (χ0v) is 20.7. The second-order valence-corrected chi connectivity index (χ2v) is 9.74. The van der Waals surface area contributed by atoms with Crippen molar-refractivity contribution in [2.45, 2.75) is 38.3 Å². The molecule has 2 fully saturated rings. The molecule has 2 unspecified atom stereocenters. The highest BCUT2D eigenvalue weighted by molar-refractivity contribution is 6.34. The molecular formula is C24H24Cl2F3N3O3. The number of hydrogen-bond donors (Lipinski definition) is 0. The summed E-state index contributed by atoms with van der Waals surface area (Å²) < 4.78 is 43.1. The molecule has 0 bridgehead atoms. The van der Waals surface area contributed by atoms with Gasteiger partial charge >= 0.3 is 6.18 Å². The lowest BCUT2D eigenvalue weighted by molar-refractivity contribution is -0.184. The van der Waals surface area contributed by atoms with E-state index in [-0.39, 0.29) is 59.8 Å². The van der Waals surface area contributed by atoms with Crippen molar-refractivity contribution in [1.29, 1.82) is 0 Å². The molecule has 2 aliphatic rings. The smallest absolute Gasteiger partial charge is 0.355 e. The van der Waals surface area contributed by atoms with Gasteiger partial charge in [-0.2, -0.15) is 13.2 Å². The first-order valence-corrected chi connectivity index (χ1v) is 11.9. The second kappa shape index (κ2) is 9.59. The summed E-state index contributed by atoms with van der Waals surface area (Å²) in [6, 6.07) is 7.11. The number of rotatable bonds is 6. The minimum absolute atomic E-state index is 0.0121. The van der Waals surface area contributed by atoms with Gasteiger partial charge in [-0.15, -0.1) is 0 Å². The monoisotopic (exact) mass is 529 g/mol. The molecule has 0 aliphatic carbocycles. The number of amides is 1. The predicted molar refractivity (Wildman–Crippen MR) is 126 cm³/mol. The molecular weight excluding hydrogens is 506 g/mol. The molecule has 1 amide bonds. The number of aryl methyl sites for hydroxylation is 1. The van der Waals surface area contributed by atoms with Crippen LogP contribution in [0.2, 0.25) is 10.0 Å². The number of hydrogen-bond acceptors (Lipinski definition) is 5. The molecule has 188 valence electrons. The van der Waals surface area contributed by atoms with Crippen molar-refractivity contribution < 1.29 is 27.6 Å². The van der Waals surface area contributed by atoms with E-state index in [4.69, 9.17) is 28.0 Å². The van der Waals surface area contributed by atoms with Gasteiger partial charge in [-0.25, -0.2) is 10.0 Å². The van der Waals surface area contributed by atoms with Gasteiger partial charge in [0.15, 0.2) is 5.78 Å². The van der Waals surface area contributed by atoms with Crippen molar-refractivity contribution >= 4 is 40.7 Å². The number of anilines is 1. The van der Waals surface area contributed by atoms with Crippen LogP contribution >= 0.6 is 23.2 Å². The van der Waals surface area contributed by atoms with Gasteiger partial charge in [-0.1, -0.05) is 23.2 Å². The molecule has 3 heterocycles. The average Bonchev–Trinajstić information content (AvgIpc) is 3.38. The quantitative estimate of drug-likeness (QED) is 0.469. The molecule has 4 rings (SSSR count). The lowest BCUT2D eigenvalue weighted by Crippen LogP contribution is -2.45. The van der Waals surface area contributed by atoms with E-state index in [1.807, 2.05) is 0 Å². The SMILES string of the molecule is CCN1OCC(CC(=O)c2ccc(N3CCC(c4cc(Cl)cc(Cl)c4)(C(F)(F)F)C3)nc2C)C1=O. The van der Waals surface area contributed by atoms with E-state index < -0.39 is 17.5 Å². The third-order valence-corrected chi connectivity index (χ3v) is 7.10. The van der Waals surface area contributed by atoms with Gasteiger partial charge in [-0.3, -0.25) is 14.4 Å². The summed E-state index contributed by atoms with van der Waals surface area (Å²) in [5.74, 6) is -0.710. The van der Waals surface area contributed by atoms with Gasteiger partial charge in [0, 0.05) is 41.7 Å². The summed E-state index contributed by atoms with van der Waals surface area (Å²) in [6.45, 7) is 3.71. The summed E-state index contributed by atoms with van der Waals surface area (Å²) in [5, 5.41) is 1.51. The van der Waals surface area contributed by atoms with E-state index in [9.17, 15) is 22.8 Å². The van der Waals surface area contributed by atoms with Gasteiger partial charge in [0.25, 0.3) is 5.91 Å². The zero-order valence-electron chi connectivity index (χ0n) is 19.2. The molecule has 2 aromatic rings. The molecule has 35 heavy (non-hydrogen) atoms. The van der Waals surface area contributed by atoms with Crippen LogP contribution in [-0.2, 0) is 15.0 Å². The molecule has 0 radical (unpaired) electrons. The Labute approximate surface area is 210 Å². The Morgan fingerprint density at radius 1 is 1.23 bits per heavy atom. The fourth-order valence-electron chi connectivity index (χ4n) is 4.73. The largest absolute Gasteiger partial charge is 0.400 e. The number of carbonyl (C=O) groups excluding carboxylic acids is 2. The lowest BCUT2D eigenvalue weighted by atomic mass is 9.79. The maximum Gasteiger partial charge on any atom is 0.400 e. The first-order chi connectivity index (χ1) is 16.4. The van der Waals surface area contributed by atoms with Crippen molar-refractivity contribution in [3.8, 4) is 0 Å². The standard InChI is InChI=1S/C24H24Cl2F3N3O3/c1-3-32-22(34)15(12-35-32)8-20(33)19-4-5-21(30-14(19)2)31-7-6-23(13-31,24(27,28)29)16-9-17(25)11-18(26)10-16/h4-5,9-11,15H,3,6-8,12-13H2,1-2H3. The highest BCUT2D eigenvalue weighted by Crippen LogP contribution is 2.49.